The van der Waals surface area contributed by atoms with Crippen LogP contribution in [-0.2, 0) is 16.0 Å². The molecule has 0 saturated heterocycles. The summed E-state index contributed by atoms with van der Waals surface area (Å²) >= 11 is 1.72. The van der Waals surface area contributed by atoms with Crippen LogP contribution in [0.5, 0.6) is 0 Å². The number of methoxy groups -OCH3 is 1. The van der Waals surface area contributed by atoms with Gasteiger partial charge in [-0.25, -0.2) is 0 Å². The minimum Gasteiger partial charge on any atom is -0.378 e. The maximum absolute atomic E-state index is 11.8. The zero-order chi connectivity index (χ0) is 11.4. The van der Waals surface area contributed by atoms with Crippen molar-refractivity contribution in [3.05, 3.63) is 22.4 Å². The first-order valence-corrected chi connectivity index (χ1v) is 6.71. The number of rotatable bonds is 6. The van der Waals surface area contributed by atoms with E-state index in [1.807, 2.05) is 6.07 Å². The van der Waals surface area contributed by atoms with Gasteiger partial charge in [0, 0.05) is 24.8 Å². The maximum atomic E-state index is 11.8. The first kappa shape index (κ1) is 11.8. The number of hydrogen-bond acceptors (Lipinski definition) is 3. The Morgan fingerprint density at radius 3 is 2.88 bits per heavy atom. The molecular weight excluding hydrogens is 220 g/mol. The van der Waals surface area contributed by atoms with Gasteiger partial charge in [-0.3, -0.25) is 4.79 Å². The van der Waals surface area contributed by atoms with Crippen LogP contribution in [0.15, 0.2) is 17.5 Å². The van der Waals surface area contributed by atoms with E-state index in [0.29, 0.717) is 18.6 Å². The van der Waals surface area contributed by atoms with Crippen molar-refractivity contribution in [2.45, 2.75) is 44.1 Å². The third-order valence-electron chi connectivity index (χ3n) is 3.45. The summed E-state index contributed by atoms with van der Waals surface area (Å²) in [6, 6.07) is 4.13. The van der Waals surface area contributed by atoms with Gasteiger partial charge in [0.1, 0.15) is 5.78 Å². The summed E-state index contributed by atoms with van der Waals surface area (Å²) in [5, 5.41) is 2.06. The molecule has 1 aromatic rings. The van der Waals surface area contributed by atoms with E-state index in [-0.39, 0.29) is 5.60 Å². The number of thiophene rings is 1. The molecule has 0 radical (unpaired) electrons. The van der Waals surface area contributed by atoms with Crippen molar-refractivity contribution in [3.8, 4) is 0 Å². The van der Waals surface area contributed by atoms with Gasteiger partial charge in [-0.05, 0) is 37.1 Å². The van der Waals surface area contributed by atoms with E-state index in [1.54, 1.807) is 18.4 Å². The summed E-state index contributed by atoms with van der Waals surface area (Å²) in [6.45, 7) is 0. The van der Waals surface area contributed by atoms with Crippen LogP contribution in [-0.4, -0.2) is 18.5 Å². The first-order chi connectivity index (χ1) is 7.74. The topological polar surface area (TPSA) is 26.3 Å². The van der Waals surface area contributed by atoms with E-state index >= 15 is 0 Å². The van der Waals surface area contributed by atoms with Crippen molar-refractivity contribution in [1.29, 1.82) is 0 Å². The average molecular weight is 238 g/mol. The summed E-state index contributed by atoms with van der Waals surface area (Å²) in [5.41, 5.74) is -0.105. The second kappa shape index (κ2) is 5.11. The number of ether oxygens (including phenoxy) is 1. The Balaban J connectivity index is 1.76. The molecule has 0 amide bonds. The Morgan fingerprint density at radius 2 is 2.38 bits per heavy atom. The largest absolute Gasteiger partial charge is 0.378 e. The van der Waals surface area contributed by atoms with E-state index in [2.05, 4.69) is 11.4 Å². The lowest BCUT2D eigenvalue weighted by Crippen LogP contribution is -2.41. The van der Waals surface area contributed by atoms with Crippen LogP contribution in [0.1, 0.15) is 37.0 Å². The number of carbonyl (C=O) groups is 1. The molecule has 2 rings (SSSR count). The molecule has 0 atom stereocenters. The highest BCUT2D eigenvalue weighted by molar-refractivity contribution is 7.09. The lowest BCUT2D eigenvalue weighted by Gasteiger charge is -2.40. The van der Waals surface area contributed by atoms with Crippen LogP contribution in [0.4, 0.5) is 0 Å². The fraction of sp³-hybridized carbons (Fsp3) is 0.615. The van der Waals surface area contributed by atoms with Crippen molar-refractivity contribution < 1.29 is 9.53 Å². The second-order valence-corrected chi connectivity index (χ2v) is 5.57. The summed E-state index contributed by atoms with van der Waals surface area (Å²) in [5.74, 6) is 0.343. The SMILES string of the molecule is COC1(CC(=O)CCc2cccs2)CCC1. The van der Waals surface area contributed by atoms with Crippen molar-refractivity contribution in [2.24, 2.45) is 0 Å². The van der Waals surface area contributed by atoms with Crippen LogP contribution in [0.2, 0.25) is 0 Å². The molecule has 1 fully saturated rings. The van der Waals surface area contributed by atoms with Crippen LogP contribution >= 0.6 is 11.3 Å². The minimum atomic E-state index is -0.105. The quantitative estimate of drug-likeness (QED) is 0.760. The number of hydrogen-bond donors (Lipinski definition) is 0. The summed E-state index contributed by atoms with van der Waals surface area (Å²) in [4.78, 5) is 13.1. The number of carbonyl (C=O) groups excluding carboxylic acids is 1. The molecule has 1 heterocycles. The van der Waals surface area contributed by atoms with E-state index in [9.17, 15) is 4.79 Å². The molecule has 1 aliphatic carbocycles. The molecule has 1 aliphatic rings. The zero-order valence-electron chi connectivity index (χ0n) is 9.70. The monoisotopic (exact) mass is 238 g/mol. The minimum absolute atomic E-state index is 0.105. The van der Waals surface area contributed by atoms with Gasteiger partial charge in [0.15, 0.2) is 0 Å². The highest BCUT2D eigenvalue weighted by atomic mass is 32.1. The van der Waals surface area contributed by atoms with Crippen LogP contribution in [0, 0.1) is 0 Å². The van der Waals surface area contributed by atoms with Gasteiger partial charge in [-0.1, -0.05) is 6.07 Å². The molecule has 3 heteroatoms. The van der Waals surface area contributed by atoms with Gasteiger partial charge in [-0.15, -0.1) is 11.3 Å². The second-order valence-electron chi connectivity index (χ2n) is 4.54. The average Bonchev–Trinajstić information content (AvgIpc) is 2.73. The Bertz CT molecular complexity index is 333. The molecule has 88 valence electrons. The van der Waals surface area contributed by atoms with Crippen LogP contribution in [0.25, 0.3) is 0 Å². The molecular formula is C13H18O2S. The molecule has 0 bridgehead atoms. The molecule has 0 unspecified atom stereocenters. The molecule has 0 aliphatic heterocycles. The van der Waals surface area contributed by atoms with Gasteiger partial charge in [-0.2, -0.15) is 0 Å². The van der Waals surface area contributed by atoms with E-state index in [0.717, 1.165) is 19.3 Å². The zero-order valence-corrected chi connectivity index (χ0v) is 10.5. The summed E-state index contributed by atoms with van der Waals surface area (Å²) in [7, 11) is 1.73. The van der Waals surface area contributed by atoms with Gasteiger partial charge >= 0.3 is 0 Å². The summed E-state index contributed by atoms with van der Waals surface area (Å²) in [6.07, 6.45) is 5.45. The molecule has 2 nitrogen and oxygen atoms in total. The third kappa shape index (κ3) is 2.71. The van der Waals surface area contributed by atoms with Crippen molar-refractivity contribution >= 4 is 17.1 Å². The molecule has 1 saturated carbocycles. The van der Waals surface area contributed by atoms with Gasteiger partial charge in [0.05, 0.1) is 5.60 Å². The van der Waals surface area contributed by atoms with Gasteiger partial charge in [0.2, 0.25) is 0 Å². The van der Waals surface area contributed by atoms with Crippen molar-refractivity contribution in [2.75, 3.05) is 7.11 Å². The molecule has 1 aromatic heterocycles. The fourth-order valence-electron chi connectivity index (χ4n) is 2.19. The van der Waals surface area contributed by atoms with Crippen molar-refractivity contribution in [3.63, 3.8) is 0 Å². The standard InChI is InChI=1S/C13H18O2S/c1-15-13(7-3-8-13)10-11(14)5-6-12-4-2-9-16-12/h2,4,9H,3,5-8,10H2,1H3. The van der Waals surface area contributed by atoms with Gasteiger partial charge in [0.25, 0.3) is 0 Å². The Morgan fingerprint density at radius 1 is 1.56 bits per heavy atom. The Kier molecular flexibility index (Phi) is 3.77. The predicted octanol–water partition coefficient (Wildman–Crippen LogP) is 3.21. The van der Waals surface area contributed by atoms with Crippen molar-refractivity contribution in [1.82, 2.24) is 0 Å². The number of aryl methyl sites for hydroxylation is 1. The molecule has 16 heavy (non-hydrogen) atoms. The van der Waals surface area contributed by atoms with Crippen LogP contribution in [0.3, 0.4) is 0 Å². The molecule has 0 spiro atoms. The maximum Gasteiger partial charge on any atom is 0.136 e. The molecule has 0 aromatic carbocycles. The molecule has 0 N–H and O–H groups in total. The smallest absolute Gasteiger partial charge is 0.136 e. The lowest BCUT2D eigenvalue weighted by atomic mass is 9.76. The third-order valence-corrected chi connectivity index (χ3v) is 4.38. The normalized spacial score (nSPS) is 18.1. The van der Waals surface area contributed by atoms with E-state index in [1.165, 1.54) is 11.3 Å². The Labute approximate surface area is 101 Å². The fourth-order valence-corrected chi connectivity index (χ4v) is 2.90. The highest BCUT2D eigenvalue weighted by Gasteiger charge is 2.38. The first-order valence-electron chi connectivity index (χ1n) is 5.83. The lowest BCUT2D eigenvalue weighted by molar-refractivity contribution is -0.132. The number of ketones is 1. The summed E-state index contributed by atoms with van der Waals surface area (Å²) < 4.78 is 5.46. The van der Waals surface area contributed by atoms with Gasteiger partial charge < -0.3 is 4.74 Å². The predicted molar refractivity (Wildman–Crippen MR) is 65.9 cm³/mol. The van der Waals surface area contributed by atoms with E-state index in [4.69, 9.17) is 4.74 Å². The van der Waals surface area contributed by atoms with Crippen LogP contribution < -0.4 is 0 Å². The number of Topliss-reactive ketones (excluding diaryl/α,β-unsaturated/α-hetero) is 1. The highest BCUT2D eigenvalue weighted by Crippen LogP contribution is 2.38. The van der Waals surface area contributed by atoms with E-state index < -0.39 is 0 Å². The Hall–Kier alpha value is -0.670.